The second-order valence-electron chi connectivity index (χ2n) is 2.53. The predicted molar refractivity (Wildman–Crippen MR) is 41.3 cm³/mol. The lowest BCUT2D eigenvalue weighted by atomic mass is 10.1. The van der Waals surface area contributed by atoms with Gasteiger partial charge in [-0.1, -0.05) is 12.1 Å². The number of hydrogen-bond donors (Lipinski definition) is 0. The van der Waals surface area contributed by atoms with Crippen molar-refractivity contribution in [1.82, 2.24) is 0 Å². The molecule has 0 saturated carbocycles. The molecule has 0 aromatic heterocycles. The summed E-state index contributed by atoms with van der Waals surface area (Å²) in [5, 5.41) is 0. The molecule has 0 fully saturated rings. The van der Waals surface area contributed by atoms with Crippen molar-refractivity contribution in [3.8, 4) is 5.75 Å². The molecule has 0 spiro atoms. The van der Waals surface area contributed by atoms with Crippen molar-refractivity contribution in [3.63, 3.8) is 0 Å². The second kappa shape index (κ2) is 2.44. The highest BCUT2D eigenvalue weighted by Gasteiger charge is 2.31. The Kier molecular flexibility index (Phi) is 1.43. The first-order chi connectivity index (χ1) is 5.83. The highest BCUT2D eigenvalue weighted by atomic mass is 16.5. The van der Waals surface area contributed by atoms with Gasteiger partial charge < -0.3 is 4.74 Å². The fraction of sp³-hybridized carbons (Fsp3) is 0.111. The van der Waals surface area contributed by atoms with Crippen molar-refractivity contribution in [2.45, 2.75) is 6.10 Å². The molecule has 0 bridgehead atoms. The van der Waals surface area contributed by atoms with E-state index in [0.717, 1.165) is 0 Å². The van der Waals surface area contributed by atoms with E-state index in [2.05, 4.69) is 0 Å². The average Bonchev–Trinajstić information content (AvgIpc) is 2.44. The fourth-order valence-corrected chi connectivity index (χ4v) is 1.21. The number of ketones is 1. The van der Waals surface area contributed by atoms with Crippen LogP contribution in [0.2, 0.25) is 0 Å². The van der Waals surface area contributed by atoms with E-state index in [9.17, 15) is 9.59 Å². The second-order valence-corrected chi connectivity index (χ2v) is 2.53. The lowest BCUT2D eigenvalue weighted by Gasteiger charge is -1.97. The zero-order valence-electron chi connectivity index (χ0n) is 6.19. The largest absolute Gasteiger partial charge is 0.474 e. The van der Waals surface area contributed by atoms with Gasteiger partial charge in [-0.05, 0) is 12.1 Å². The molecule has 1 aliphatic rings. The van der Waals surface area contributed by atoms with Crippen LogP contribution in [-0.4, -0.2) is 18.2 Å². The van der Waals surface area contributed by atoms with E-state index in [4.69, 9.17) is 4.74 Å². The molecule has 1 aliphatic heterocycles. The number of ether oxygens (including phenoxy) is 1. The molecule has 1 unspecified atom stereocenters. The van der Waals surface area contributed by atoms with Crippen molar-refractivity contribution in [2.24, 2.45) is 0 Å². The quantitative estimate of drug-likeness (QED) is 0.453. The summed E-state index contributed by atoms with van der Waals surface area (Å²) >= 11 is 0. The van der Waals surface area contributed by atoms with Crippen LogP contribution in [0.25, 0.3) is 0 Å². The first kappa shape index (κ1) is 7.03. The normalized spacial score (nSPS) is 20.0. The zero-order valence-corrected chi connectivity index (χ0v) is 6.19. The molecule has 1 heterocycles. The summed E-state index contributed by atoms with van der Waals surface area (Å²) in [4.78, 5) is 21.6. The SMILES string of the molecule is O=CC1Oc2ccccc2C1=O. The Morgan fingerprint density at radius 1 is 1.33 bits per heavy atom. The molecule has 3 heteroatoms. The van der Waals surface area contributed by atoms with Crippen LogP contribution in [0.4, 0.5) is 0 Å². The maximum absolute atomic E-state index is 11.3. The van der Waals surface area contributed by atoms with Crippen molar-refractivity contribution in [1.29, 1.82) is 0 Å². The fourth-order valence-electron chi connectivity index (χ4n) is 1.21. The summed E-state index contributed by atoms with van der Waals surface area (Å²) in [6.07, 6.45) is -0.412. The number of carbonyl (C=O) groups excluding carboxylic acids is 2. The van der Waals surface area contributed by atoms with E-state index >= 15 is 0 Å². The molecule has 12 heavy (non-hydrogen) atoms. The molecule has 0 saturated heterocycles. The van der Waals surface area contributed by atoms with Crippen LogP contribution in [0.1, 0.15) is 10.4 Å². The van der Waals surface area contributed by atoms with E-state index in [1.165, 1.54) is 0 Å². The van der Waals surface area contributed by atoms with Gasteiger partial charge in [-0.25, -0.2) is 0 Å². The average molecular weight is 162 g/mol. The molecule has 2 rings (SSSR count). The Balaban J connectivity index is 2.49. The first-order valence-electron chi connectivity index (χ1n) is 3.58. The van der Waals surface area contributed by atoms with E-state index in [-0.39, 0.29) is 5.78 Å². The van der Waals surface area contributed by atoms with Gasteiger partial charge in [-0.3, -0.25) is 9.59 Å². The van der Waals surface area contributed by atoms with Crippen LogP contribution in [-0.2, 0) is 4.79 Å². The van der Waals surface area contributed by atoms with Crippen LogP contribution in [0.3, 0.4) is 0 Å². The molecule has 3 nitrogen and oxygen atoms in total. The number of carbonyl (C=O) groups is 2. The first-order valence-corrected chi connectivity index (χ1v) is 3.58. The molecule has 1 aromatic rings. The van der Waals surface area contributed by atoms with Gasteiger partial charge in [0.1, 0.15) is 5.75 Å². The topological polar surface area (TPSA) is 43.4 Å². The minimum absolute atomic E-state index is 0.249. The van der Waals surface area contributed by atoms with Gasteiger partial charge in [0.05, 0.1) is 5.56 Å². The number of hydrogen-bond acceptors (Lipinski definition) is 3. The number of para-hydroxylation sites is 1. The highest BCUT2D eigenvalue weighted by Crippen LogP contribution is 2.26. The van der Waals surface area contributed by atoms with E-state index < -0.39 is 6.10 Å². The molecule has 1 aromatic carbocycles. The number of benzene rings is 1. The van der Waals surface area contributed by atoms with Crippen molar-refractivity contribution < 1.29 is 14.3 Å². The van der Waals surface area contributed by atoms with E-state index in [0.29, 0.717) is 17.6 Å². The Hall–Kier alpha value is -1.64. The molecule has 60 valence electrons. The van der Waals surface area contributed by atoms with Gasteiger partial charge in [0.2, 0.25) is 11.9 Å². The Morgan fingerprint density at radius 2 is 2.08 bits per heavy atom. The summed E-state index contributed by atoms with van der Waals surface area (Å²) in [7, 11) is 0. The summed E-state index contributed by atoms with van der Waals surface area (Å²) in [6.45, 7) is 0. The lowest BCUT2D eigenvalue weighted by Crippen LogP contribution is -2.21. The molecular formula is C9H6O3. The van der Waals surface area contributed by atoms with Gasteiger partial charge >= 0.3 is 0 Å². The lowest BCUT2D eigenvalue weighted by molar-refractivity contribution is -0.111. The number of rotatable bonds is 1. The molecule has 0 radical (unpaired) electrons. The summed E-state index contributed by atoms with van der Waals surface area (Å²) in [5.41, 5.74) is 0.495. The number of fused-ring (bicyclic) bond motifs is 1. The van der Waals surface area contributed by atoms with Gasteiger partial charge in [0.15, 0.2) is 6.29 Å². The highest BCUT2D eigenvalue weighted by molar-refractivity contribution is 6.11. The van der Waals surface area contributed by atoms with Crippen molar-refractivity contribution in [2.75, 3.05) is 0 Å². The molecule has 1 atom stereocenters. The van der Waals surface area contributed by atoms with Crippen LogP contribution in [0.15, 0.2) is 24.3 Å². The molecule has 0 N–H and O–H groups in total. The molecule has 0 amide bonds. The predicted octanol–water partition coefficient (Wildman–Crippen LogP) is 0.829. The number of aldehydes is 1. The van der Waals surface area contributed by atoms with Gasteiger partial charge in [-0.15, -0.1) is 0 Å². The van der Waals surface area contributed by atoms with Crippen molar-refractivity contribution in [3.05, 3.63) is 29.8 Å². The number of Topliss-reactive ketones (excluding diaryl/α,β-unsaturated/α-hetero) is 1. The summed E-state index contributed by atoms with van der Waals surface area (Å²) < 4.78 is 5.05. The minimum Gasteiger partial charge on any atom is -0.474 e. The van der Waals surface area contributed by atoms with Crippen LogP contribution in [0, 0.1) is 0 Å². The Labute approximate surface area is 69.0 Å². The van der Waals surface area contributed by atoms with Gasteiger partial charge in [0, 0.05) is 0 Å². The van der Waals surface area contributed by atoms with Crippen LogP contribution >= 0.6 is 0 Å². The standard InChI is InChI=1S/C9H6O3/c10-5-8-9(11)6-3-1-2-4-7(6)12-8/h1-5,8H. The summed E-state index contributed by atoms with van der Waals surface area (Å²) in [6, 6.07) is 6.84. The van der Waals surface area contributed by atoms with Gasteiger partial charge in [0.25, 0.3) is 0 Å². The maximum atomic E-state index is 11.3. The smallest absolute Gasteiger partial charge is 0.216 e. The third-order valence-electron chi connectivity index (χ3n) is 1.79. The van der Waals surface area contributed by atoms with E-state index in [1.807, 2.05) is 0 Å². The molecule has 0 aliphatic carbocycles. The third kappa shape index (κ3) is 0.830. The van der Waals surface area contributed by atoms with Gasteiger partial charge in [-0.2, -0.15) is 0 Å². The van der Waals surface area contributed by atoms with Crippen molar-refractivity contribution >= 4 is 12.1 Å². The monoisotopic (exact) mass is 162 g/mol. The third-order valence-corrected chi connectivity index (χ3v) is 1.79. The Bertz CT molecular complexity index is 343. The van der Waals surface area contributed by atoms with E-state index in [1.54, 1.807) is 24.3 Å². The Morgan fingerprint density at radius 3 is 2.75 bits per heavy atom. The van der Waals surface area contributed by atoms with Crippen LogP contribution in [0.5, 0.6) is 5.75 Å². The zero-order chi connectivity index (χ0) is 8.55. The van der Waals surface area contributed by atoms with Crippen LogP contribution < -0.4 is 4.74 Å². The summed E-state index contributed by atoms with van der Waals surface area (Å²) in [5.74, 6) is 0.250. The molecular weight excluding hydrogens is 156 g/mol. The minimum atomic E-state index is -0.928. The maximum Gasteiger partial charge on any atom is 0.216 e.